The van der Waals surface area contributed by atoms with Crippen LogP contribution in [0.25, 0.3) is 0 Å². The molecule has 0 aliphatic heterocycles. The molecule has 0 aliphatic carbocycles. The van der Waals surface area contributed by atoms with E-state index in [0.717, 1.165) is 16.7 Å². The normalized spacial score (nSPS) is 10.5. The van der Waals surface area contributed by atoms with Crippen molar-refractivity contribution in [3.05, 3.63) is 95.1 Å². The third-order valence-electron chi connectivity index (χ3n) is 4.98. The van der Waals surface area contributed by atoms with Crippen LogP contribution in [0, 0.1) is 11.3 Å². The summed E-state index contributed by atoms with van der Waals surface area (Å²) in [5, 5.41) is 18.3. The molecule has 0 saturated carbocycles. The molecule has 6 nitrogen and oxygen atoms in total. The Balaban J connectivity index is 1.72. The Labute approximate surface area is 188 Å². The number of carboxylic acids is 1. The van der Waals surface area contributed by atoms with Crippen molar-refractivity contribution in [3.8, 4) is 17.6 Å². The first-order chi connectivity index (χ1) is 15.6. The quantitative estimate of drug-likeness (QED) is 0.478. The lowest BCUT2D eigenvalue weighted by atomic mass is 10.1. The van der Waals surface area contributed by atoms with E-state index in [1.165, 1.54) is 0 Å². The number of hydrogen-bond donors (Lipinski definition) is 1. The number of hydrogen-bond acceptors (Lipinski definition) is 5. The Morgan fingerprint density at radius 2 is 1.66 bits per heavy atom. The molecule has 0 amide bonds. The van der Waals surface area contributed by atoms with Crippen LogP contribution in [0.1, 0.15) is 28.7 Å². The van der Waals surface area contributed by atoms with Crippen LogP contribution in [0.4, 0.5) is 0 Å². The van der Waals surface area contributed by atoms with Crippen molar-refractivity contribution in [1.29, 1.82) is 5.26 Å². The lowest BCUT2D eigenvalue weighted by Crippen LogP contribution is -2.25. The van der Waals surface area contributed by atoms with Crippen LogP contribution in [0.3, 0.4) is 0 Å². The average Bonchev–Trinajstić information content (AvgIpc) is 2.82. The summed E-state index contributed by atoms with van der Waals surface area (Å²) in [5.74, 6) is 0.435. The third-order valence-corrected chi connectivity index (χ3v) is 4.98. The monoisotopic (exact) mass is 430 g/mol. The minimum absolute atomic E-state index is 0.0351. The van der Waals surface area contributed by atoms with Gasteiger partial charge in [0.15, 0.2) is 11.5 Å². The fourth-order valence-corrected chi connectivity index (χ4v) is 3.39. The molecule has 0 saturated heterocycles. The highest BCUT2D eigenvalue weighted by Gasteiger charge is 2.13. The molecule has 0 aliphatic rings. The molecular formula is C26H26N2O4. The molecule has 0 unspecified atom stereocenters. The Bertz CT molecular complexity index is 1080. The van der Waals surface area contributed by atoms with Gasteiger partial charge in [-0.15, -0.1) is 0 Å². The molecule has 164 valence electrons. The van der Waals surface area contributed by atoms with Gasteiger partial charge in [0.2, 0.25) is 0 Å². The molecule has 3 aromatic carbocycles. The van der Waals surface area contributed by atoms with Gasteiger partial charge in [-0.2, -0.15) is 5.26 Å². The summed E-state index contributed by atoms with van der Waals surface area (Å²) in [6, 6.07) is 25.2. The smallest absolute Gasteiger partial charge is 0.304 e. The standard InChI is InChI=1S/C26H26N2O4/c1-31-25-15-23(10-11-24(25)32-19-20-6-3-2-4-7-20)18-28(13-12-26(29)30)17-22-9-5-8-21(14-22)16-27/h2-11,14-15H,12-13,17-19H2,1H3,(H,29,30). The summed E-state index contributed by atoms with van der Waals surface area (Å²) >= 11 is 0. The maximum Gasteiger partial charge on any atom is 0.304 e. The van der Waals surface area contributed by atoms with E-state index in [1.807, 2.05) is 71.6 Å². The van der Waals surface area contributed by atoms with Crippen LogP contribution in [-0.2, 0) is 24.5 Å². The number of nitriles is 1. The second-order valence-electron chi connectivity index (χ2n) is 7.43. The first-order valence-corrected chi connectivity index (χ1v) is 10.3. The molecular weight excluding hydrogens is 404 g/mol. The van der Waals surface area contributed by atoms with E-state index in [1.54, 1.807) is 13.2 Å². The summed E-state index contributed by atoms with van der Waals surface area (Å²) in [7, 11) is 1.60. The lowest BCUT2D eigenvalue weighted by Gasteiger charge is -2.22. The fourth-order valence-electron chi connectivity index (χ4n) is 3.39. The van der Waals surface area contributed by atoms with E-state index in [2.05, 4.69) is 6.07 Å². The molecule has 0 aromatic heterocycles. The Hall–Kier alpha value is -3.82. The summed E-state index contributed by atoms with van der Waals surface area (Å²) < 4.78 is 11.5. The molecule has 0 fully saturated rings. The number of benzene rings is 3. The van der Waals surface area contributed by atoms with Gasteiger partial charge in [0.1, 0.15) is 6.61 Å². The van der Waals surface area contributed by atoms with E-state index >= 15 is 0 Å². The van der Waals surface area contributed by atoms with E-state index in [4.69, 9.17) is 19.8 Å². The van der Waals surface area contributed by atoms with Gasteiger partial charge >= 0.3 is 5.97 Å². The summed E-state index contributed by atoms with van der Waals surface area (Å²) in [4.78, 5) is 13.2. The number of nitrogens with zero attached hydrogens (tertiary/aromatic N) is 2. The highest BCUT2D eigenvalue weighted by Crippen LogP contribution is 2.29. The van der Waals surface area contributed by atoms with Crippen LogP contribution >= 0.6 is 0 Å². The van der Waals surface area contributed by atoms with Gasteiger partial charge in [-0.25, -0.2) is 0 Å². The molecule has 0 spiro atoms. The van der Waals surface area contributed by atoms with Crippen molar-refractivity contribution in [1.82, 2.24) is 4.90 Å². The number of carbonyl (C=O) groups is 1. The summed E-state index contributed by atoms with van der Waals surface area (Å²) in [6.45, 7) is 1.91. The summed E-state index contributed by atoms with van der Waals surface area (Å²) in [5.41, 5.74) is 3.60. The van der Waals surface area contributed by atoms with Gasteiger partial charge in [0, 0.05) is 19.6 Å². The van der Waals surface area contributed by atoms with E-state index < -0.39 is 5.97 Å². The van der Waals surface area contributed by atoms with Crippen LogP contribution in [-0.4, -0.2) is 29.6 Å². The van der Waals surface area contributed by atoms with Crippen molar-refractivity contribution in [2.45, 2.75) is 26.1 Å². The van der Waals surface area contributed by atoms with Crippen LogP contribution in [0.15, 0.2) is 72.8 Å². The zero-order valence-electron chi connectivity index (χ0n) is 18.0. The molecule has 0 radical (unpaired) electrons. The van der Waals surface area contributed by atoms with Gasteiger partial charge < -0.3 is 14.6 Å². The number of rotatable bonds is 11. The zero-order valence-corrected chi connectivity index (χ0v) is 18.0. The van der Waals surface area contributed by atoms with Crippen molar-refractivity contribution in [2.75, 3.05) is 13.7 Å². The average molecular weight is 431 g/mol. The molecule has 1 N–H and O–H groups in total. The number of methoxy groups -OCH3 is 1. The zero-order chi connectivity index (χ0) is 22.8. The lowest BCUT2D eigenvalue weighted by molar-refractivity contribution is -0.137. The predicted octanol–water partition coefficient (Wildman–Crippen LogP) is 4.62. The maximum atomic E-state index is 11.1. The molecule has 0 bridgehead atoms. The third kappa shape index (κ3) is 6.86. The van der Waals surface area contributed by atoms with E-state index in [-0.39, 0.29) is 6.42 Å². The van der Waals surface area contributed by atoms with Crippen molar-refractivity contribution in [2.24, 2.45) is 0 Å². The molecule has 6 heteroatoms. The van der Waals surface area contributed by atoms with Crippen molar-refractivity contribution in [3.63, 3.8) is 0 Å². The van der Waals surface area contributed by atoms with Crippen LogP contribution in [0.2, 0.25) is 0 Å². The predicted molar refractivity (Wildman–Crippen MR) is 121 cm³/mol. The highest BCUT2D eigenvalue weighted by molar-refractivity contribution is 5.66. The highest BCUT2D eigenvalue weighted by atomic mass is 16.5. The van der Waals surface area contributed by atoms with Crippen LogP contribution in [0.5, 0.6) is 11.5 Å². The second kappa shape index (κ2) is 11.5. The van der Waals surface area contributed by atoms with Gasteiger partial charge in [-0.05, 0) is 41.0 Å². The van der Waals surface area contributed by atoms with Crippen LogP contribution < -0.4 is 9.47 Å². The Kier molecular flexibility index (Phi) is 8.24. The van der Waals surface area contributed by atoms with Gasteiger partial charge in [-0.3, -0.25) is 9.69 Å². The molecule has 32 heavy (non-hydrogen) atoms. The largest absolute Gasteiger partial charge is 0.493 e. The first kappa shape index (κ1) is 22.9. The minimum atomic E-state index is -0.844. The fraction of sp³-hybridized carbons (Fsp3) is 0.231. The summed E-state index contributed by atoms with van der Waals surface area (Å²) in [6.07, 6.45) is 0.0351. The molecule has 3 rings (SSSR count). The minimum Gasteiger partial charge on any atom is -0.493 e. The van der Waals surface area contributed by atoms with Gasteiger partial charge in [-0.1, -0.05) is 48.5 Å². The molecule has 3 aromatic rings. The Morgan fingerprint density at radius 3 is 2.34 bits per heavy atom. The number of carboxylic acid groups (broad SMARTS) is 1. The molecule has 0 heterocycles. The number of aliphatic carboxylic acids is 1. The van der Waals surface area contributed by atoms with Gasteiger partial charge in [0.05, 0.1) is 25.2 Å². The SMILES string of the molecule is COc1cc(CN(CCC(=O)O)Cc2cccc(C#N)c2)ccc1OCc1ccccc1. The Morgan fingerprint density at radius 1 is 0.938 bits per heavy atom. The van der Waals surface area contributed by atoms with Crippen molar-refractivity contribution < 1.29 is 19.4 Å². The van der Waals surface area contributed by atoms with E-state index in [9.17, 15) is 4.79 Å². The first-order valence-electron chi connectivity index (χ1n) is 10.3. The topological polar surface area (TPSA) is 82.8 Å². The van der Waals surface area contributed by atoms with Crippen molar-refractivity contribution >= 4 is 5.97 Å². The maximum absolute atomic E-state index is 11.1. The number of ether oxygens (including phenoxy) is 2. The van der Waals surface area contributed by atoms with E-state index in [0.29, 0.717) is 43.3 Å². The van der Waals surface area contributed by atoms with Gasteiger partial charge in [0.25, 0.3) is 0 Å². The second-order valence-corrected chi connectivity index (χ2v) is 7.43. The molecule has 0 atom stereocenters.